The van der Waals surface area contributed by atoms with Crippen molar-refractivity contribution in [2.24, 2.45) is 0 Å². The number of hydrogen-bond donors (Lipinski definition) is 1. The molecule has 3 aromatic rings. The second-order valence-electron chi connectivity index (χ2n) is 6.45. The average molecular weight is 344 g/mol. The molecule has 0 fully saturated rings. The summed E-state index contributed by atoms with van der Waals surface area (Å²) in [5, 5.41) is 10.1. The van der Waals surface area contributed by atoms with Gasteiger partial charge in [-0.25, -0.2) is 0 Å². The Morgan fingerprint density at radius 2 is 1.23 bits per heavy atom. The minimum absolute atomic E-state index is 0.208. The first-order chi connectivity index (χ1) is 12.5. The van der Waals surface area contributed by atoms with Gasteiger partial charge in [0, 0.05) is 5.56 Å². The van der Waals surface area contributed by atoms with Crippen LogP contribution in [-0.4, -0.2) is 16.9 Å². The van der Waals surface area contributed by atoms with Crippen LogP contribution in [-0.2, 0) is 10.2 Å². The van der Waals surface area contributed by atoms with E-state index >= 15 is 0 Å². The number of rotatable bonds is 6. The van der Waals surface area contributed by atoms with E-state index in [2.05, 4.69) is 0 Å². The van der Waals surface area contributed by atoms with Gasteiger partial charge in [-0.15, -0.1) is 0 Å². The number of carbonyl (C=O) groups excluding carboxylic acids is 1. The fourth-order valence-corrected chi connectivity index (χ4v) is 3.47. The monoisotopic (exact) mass is 344 g/mol. The molecule has 3 rings (SSSR count). The van der Waals surface area contributed by atoms with E-state index in [1.165, 1.54) is 0 Å². The summed E-state index contributed by atoms with van der Waals surface area (Å²) in [7, 11) is 0. The maximum absolute atomic E-state index is 13.5. The molecule has 3 heteroatoms. The highest BCUT2D eigenvalue weighted by Crippen LogP contribution is 2.42. The molecule has 0 aliphatic rings. The highest BCUT2D eigenvalue weighted by Gasteiger charge is 2.47. The maximum Gasteiger partial charge on any atom is 0.312 e. The second kappa shape index (κ2) is 7.36. The van der Waals surface area contributed by atoms with Gasteiger partial charge in [0.1, 0.15) is 0 Å². The van der Waals surface area contributed by atoms with Crippen LogP contribution in [0, 0.1) is 0 Å². The second-order valence-corrected chi connectivity index (χ2v) is 6.45. The Bertz CT molecular complexity index is 889. The van der Waals surface area contributed by atoms with Crippen LogP contribution in [0.1, 0.15) is 34.3 Å². The van der Waals surface area contributed by atoms with Crippen LogP contribution >= 0.6 is 0 Å². The topological polar surface area (TPSA) is 54.4 Å². The van der Waals surface area contributed by atoms with Gasteiger partial charge in [0.2, 0.25) is 0 Å². The smallest absolute Gasteiger partial charge is 0.312 e. The van der Waals surface area contributed by atoms with Crippen LogP contribution in [0.25, 0.3) is 0 Å². The van der Waals surface area contributed by atoms with E-state index in [1.807, 2.05) is 42.5 Å². The van der Waals surface area contributed by atoms with E-state index in [1.54, 1.807) is 55.5 Å². The molecule has 0 aliphatic heterocycles. The van der Waals surface area contributed by atoms with Gasteiger partial charge >= 0.3 is 5.97 Å². The summed E-state index contributed by atoms with van der Waals surface area (Å²) in [5.74, 6) is -2.23. The third kappa shape index (κ3) is 3.16. The predicted octanol–water partition coefficient (Wildman–Crippen LogP) is 4.70. The number of hydrogen-bond acceptors (Lipinski definition) is 2. The van der Waals surface area contributed by atoms with E-state index in [-0.39, 0.29) is 5.78 Å². The quantitative estimate of drug-likeness (QED) is 0.660. The van der Waals surface area contributed by atoms with Crippen LogP contribution in [0.5, 0.6) is 0 Å². The summed E-state index contributed by atoms with van der Waals surface area (Å²) in [6.07, 6.45) is 0. The number of ketones is 1. The summed E-state index contributed by atoms with van der Waals surface area (Å²) < 4.78 is 0. The molecule has 0 bridgehead atoms. The zero-order valence-corrected chi connectivity index (χ0v) is 14.5. The molecule has 0 aliphatic carbocycles. The molecule has 0 heterocycles. The lowest BCUT2D eigenvalue weighted by atomic mass is 9.65. The van der Waals surface area contributed by atoms with Crippen molar-refractivity contribution in [3.8, 4) is 0 Å². The lowest BCUT2D eigenvalue weighted by Crippen LogP contribution is -2.42. The number of aliphatic carboxylic acids is 1. The third-order valence-corrected chi connectivity index (χ3v) is 4.84. The predicted molar refractivity (Wildman–Crippen MR) is 101 cm³/mol. The normalized spacial score (nSPS) is 14.2. The molecule has 2 unspecified atom stereocenters. The molecular formula is C23H20O3. The number of benzene rings is 3. The van der Waals surface area contributed by atoms with E-state index < -0.39 is 17.3 Å². The van der Waals surface area contributed by atoms with E-state index in [9.17, 15) is 14.7 Å². The molecule has 0 saturated carbocycles. The first kappa shape index (κ1) is 17.6. The van der Waals surface area contributed by atoms with Gasteiger partial charge in [-0.2, -0.15) is 0 Å². The molecule has 130 valence electrons. The number of carboxylic acids is 1. The molecule has 1 N–H and O–H groups in total. The van der Waals surface area contributed by atoms with Crippen LogP contribution in [0.2, 0.25) is 0 Å². The molecule has 0 saturated heterocycles. The Hall–Kier alpha value is -3.20. The number of carboxylic acid groups (broad SMARTS) is 1. The third-order valence-electron chi connectivity index (χ3n) is 4.84. The summed E-state index contributed by atoms with van der Waals surface area (Å²) in [4.78, 5) is 25.8. The molecule has 0 radical (unpaired) electrons. The Morgan fingerprint density at radius 1 is 0.769 bits per heavy atom. The van der Waals surface area contributed by atoms with Gasteiger partial charge in [-0.05, 0) is 18.1 Å². The molecule has 26 heavy (non-hydrogen) atoms. The molecule has 3 nitrogen and oxygen atoms in total. The number of carbonyl (C=O) groups is 2. The average Bonchev–Trinajstić information content (AvgIpc) is 2.69. The largest absolute Gasteiger partial charge is 0.481 e. The van der Waals surface area contributed by atoms with Gasteiger partial charge in [0.15, 0.2) is 5.78 Å². The molecule has 0 spiro atoms. The van der Waals surface area contributed by atoms with Gasteiger partial charge in [-0.1, -0.05) is 91.0 Å². The summed E-state index contributed by atoms with van der Waals surface area (Å²) in [6, 6.07) is 27.0. The number of Topliss-reactive ketones (excluding diaryl/α,β-unsaturated/α-hetero) is 1. The Morgan fingerprint density at radius 3 is 1.73 bits per heavy atom. The van der Waals surface area contributed by atoms with Crippen LogP contribution < -0.4 is 0 Å². The lowest BCUT2D eigenvalue weighted by Gasteiger charge is -2.35. The van der Waals surface area contributed by atoms with Crippen molar-refractivity contribution >= 4 is 11.8 Å². The molecule has 0 amide bonds. The van der Waals surface area contributed by atoms with Crippen molar-refractivity contribution in [1.29, 1.82) is 0 Å². The summed E-state index contributed by atoms with van der Waals surface area (Å²) in [5.41, 5.74) is 0.553. The summed E-state index contributed by atoms with van der Waals surface area (Å²) >= 11 is 0. The van der Waals surface area contributed by atoms with Crippen molar-refractivity contribution in [1.82, 2.24) is 0 Å². The maximum atomic E-state index is 13.5. The molecule has 2 atom stereocenters. The van der Waals surface area contributed by atoms with E-state index in [0.29, 0.717) is 16.7 Å². The minimum Gasteiger partial charge on any atom is -0.481 e. The van der Waals surface area contributed by atoms with Gasteiger partial charge in [0.05, 0.1) is 11.3 Å². The minimum atomic E-state index is -1.24. The molecule has 3 aromatic carbocycles. The van der Waals surface area contributed by atoms with E-state index in [0.717, 1.165) is 0 Å². The zero-order chi connectivity index (χ0) is 18.6. The van der Waals surface area contributed by atoms with Crippen molar-refractivity contribution in [2.45, 2.75) is 18.3 Å². The standard InChI is InChI=1S/C23H20O3/c1-23(19-15-9-4-10-16-19,21(24)18-13-7-3-8-14-18)20(22(25)26)17-11-5-2-6-12-17/h2-16,20H,1H3,(H,25,26). The van der Waals surface area contributed by atoms with Crippen LogP contribution in [0.15, 0.2) is 91.0 Å². The van der Waals surface area contributed by atoms with Crippen molar-refractivity contribution in [3.05, 3.63) is 108 Å². The Balaban J connectivity index is 2.23. The van der Waals surface area contributed by atoms with Gasteiger partial charge in [-0.3, -0.25) is 9.59 Å². The van der Waals surface area contributed by atoms with Gasteiger partial charge < -0.3 is 5.11 Å². The first-order valence-corrected chi connectivity index (χ1v) is 8.48. The zero-order valence-electron chi connectivity index (χ0n) is 14.5. The van der Waals surface area contributed by atoms with Crippen LogP contribution in [0.3, 0.4) is 0 Å². The fraction of sp³-hybridized carbons (Fsp3) is 0.130. The highest BCUT2D eigenvalue weighted by molar-refractivity contribution is 6.07. The Labute approximate surface area is 152 Å². The first-order valence-electron chi connectivity index (χ1n) is 8.48. The van der Waals surface area contributed by atoms with Crippen molar-refractivity contribution in [2.75, 3.05) is 0 Å². The highest BCUT2D eigenvalue weighted by atomic mass is 16.4. The summed E-state index contributed by atoms with van der Waals surface area (Å²) in [6.45, 7) is 1.73. The van der Waals surface area contributed by atoms with Crippen LogP contribution in [0.4, 0.5) is 0 Å². The van der Waals surface area contributed by atoms with Crippen molar-refractivity contribution < 1.29 is 14.7 Å². The van der Waals surface area contributed by atoms with Crippen molar-refractivity contribution in [3.63, 3.8) is 0 Å². The molecular weight excluding hydrogens is 324 g/mol. The van der Waals surface area contributed by atoms with E-state index in [4.69, 9.17) is 0 Å². The van der Waals surface area contributed by atoms with Gasteiger partial charge in [0.25, 0.3) is 0 Å². The SMILES string of the molecule is CC(C(=O)c1ccccc1)(c1ccccc1)C(C(=O)O)c1ccccc1. The fourth-order valence-electron chi connectivity index (χ4n) is 3.47. The molecule has 0 aromatic heterocycles. The lowest BCUT2D eigenvalue weighted by molar-refractivity contribution is -0.140. The Kier molecular flexibility index (Phi) is 4.99.